The Balaban J connectivity index is 2.58. The number of carbonyl (C=O) groups excluding carboxylic acids is 2. The van der Waals surface area contributed by atoms with Gasteiger partial charge in [-0.3, -0.25) is 9.59 Å². The second-order valence-electron chi connectivity index (χ2n) is 5.24. The van der Waals surface area contributed by atoms with Crippen LogP contribution in [-0.2, 0) is 14.3 Å². The van der Waals surface area contributed by atoms with E-state index in [0.29, 0.717) is 5.56 Å². The summed E-state index contributed by atoms with van der Waals surface area (Å²) in [5.41, 5.74) is 0.0706. The average molecular weight is 279 g/mol. The molecule has 1 aromatic rings. The van der Waals surface area contributed by atoms with Crippen LogP contribution in [0.2, 0.25) is 0 Å². The molecule has 1 atom stereocenters. The Kier molecular flexibility index (Phi) is 3.49. The Morgan fingerprint density at radius 3 is 2.79 bits per heavy atom. The molecule has 1 radical (unpaired) electrons. The van der Waals surface area contributed by atoms with Gasteiger partial charge in [-0.2, -0.15) is 0 Å². The minimum absolute atomic E-state index is 0.169. The topological polar surface area (TPSA) is 63.6 Å². The van der Waals surface area contributed by atoms with Crippen molar-refractivity contribution in [2.24, 2.45) is 11.3 Å². The van der Waals surface area contributed by atoms with Gasteiger partial charge >= 0.3 is 5.97 Å². The number of hydrogen-bond acceptors (Lipinski definition) is 5. The summed E-state index contributed by atoms with van der Waals surface area (Å²) in [6.45, 7) is 3.55. The summed E-state index contributed by atoms with van der Waals surface area (Å²) < 4.78 is 4.74. The molecule has 0 saturated carbocycles. The van der Waals surface area contributed by atoms with Crippen molar-refractivity contribution < 1.29 is 19.4 Å². The lowest BCUT2D eigenvalue weighted by atomic mass is 9.68. The standard InChI is InChI=1S/C14H15O4S/c1-14(2)6-9(15)10(8-4-5-19-7-8)12(16)11(14)13(17)18-3/h4-5,11,16H,6H2,1-3H3. The normalized spacial score (nSPS) is 22.5. The maximum Gasteiger partial charge on any atom is 0.316 e. The molecule has 5 heteroatoms. The number of thiophene rings is 1. The van der Waals surface area contributed by atoms with Crippen LogP contribution in [0.5, 0.6) is 0 Å². The smallest absolute Gasteiger partial charge is 0.316 e. The van der Waals surface area contributed by atoms with Gasteiger partial charge in [-0.1, -0.05) is 13.8 Å². The number of aliphatic hydroxyl groups excluding tert-OH is 1. The lowest BCUT2D eigenvalue weighted by molar-refractivity contribution is -0.149. The summed E-state index contributed by atoms with van der Waals surface area (Å²) in [4.78, 5) is 24.1. The molecule has 1 aliphatic carbocycles. The minimum atomic E-state index is -0.821. The molecule has 1 aromatic heterocycles. The Bertz CT molecular complexity index is 540. The van der Waals surface area contributed by atoms with Crippen LogP contribution in [0.3, 0.4) is 0 Å². The molecule has 4 nitrogen and oxygen atoms in total. The van der Waals surface area contributed by atoms with Gasteiger partial charge < -0.3 is 9.84 Å². The summed E-state index contributed by atoms with van der Waals surface area (Å²) in [5.74, 6) is -1.72. The molecule has 0 spiro atoms. The highest BCUT2D eigenvalue weighted by atomic mass is 32.1. The van der Waals surface area contributed by atoms with E-state index in [1.54, 1.807) is 25.3 Å². The second kappa shape index (κ2) is 4.81. The predicted molar refractivity (Wildman–Crippen MR) is 71.6 cm³/mol. The fourth-order valence-corrected chi connectivity index (χ4v) is 3.04. The molecular formula is C14H15O4S. The largest absolute Gasteiger partial charge is 0.511 e. The SMILES string of the molecule is COC(=O)C1C(O)=C(c2[c]scc2)C(=O)CC1(C)C. The fraction of sp³-hybridized carbons (Fsp3) is 0.429. The van der Waals surface area contributed by atoms with E-state index in [-0.39, 0.29) is 23.5 Å². The first-order chi connectivity index (χ1) is 8.88. The van der Waals surface area contributed by atoms with Crippen LogP contribution in [0.1, 0.15) is 25.8 Å². The number of rotatable bonds is 2. The van der Waals surface area contributed by atoms with E-state index in [2.05, 4.69) is 5.38 Å². The Morgan fingerprint density at radius 2 is 2.26 bits per heavy atom. The Labute approximate surface area is 115 Å². The molecule has 1 unspecified atom stereocenters. The zero-order valence-electron chi connectivity index (χ0n) is 11.0. The molecular weight excluding hydrogens is 264 g/mol. The number of aliphatic hydroxyl groups is 1. The van der Waals surface area contributed by atoms with Crippen LogP contribution in [0, 0.1) is 16.7 Å². The molecule has 0 aliphatic heterocycles. The summed E-state index contributed by atoms with van der Waals surface area (Å²) in [6, 6.07) is 1.71. The van der Waals surface area contributed by atoms with E-state index in [1.807, 2.05) is 0 Å². The van der Waals surface area contributed by atoms with Crippen LogP contribution in [-0.4, -0.2) is 24.0 Å². The second-order valence-corrected chi connectivity index (χ2v) is 5.95. The molecule has 0 aromatic carbocycles. The molecule has 1 aliphatic rings. The third-order valence-electron chi connectivity index (χ3n) is 3.38. The van der Waals surface area contributed by atoms with Gasteiger partial charge in [-0.25, -0.2) is 0 Å². The van der Waals surface area contributed by atoms with Crippen molar-refractivity contribution in [3.63, 3.8) is 0 Å². The highest BCUT2D eigenvalue weighted by molar-refractivity contribution is 7.07. The van der Waals surface area contributed by atoms with E-state index < -0.39 is 17.3 Å². The molecule has 1 N–H and O–H groups in total. The van der Waals surface area contributed by atoms with Crippen molar-refractivity contribution in [2.45, 2.75) is 20.3 Å². The number of esters is 1. The predicted octanol–water partition coefficient (Wildman–Crippen LogP) is 2.61. The summed E-state index contributed by atoms with van der Waals surface area (Å²) >= 11 is 1.31. The van der Waals surface area contributed by atoms with Gasteiger partial charge in [0.2, 0.25) is 0 Å². The molecule has 101 valence electrons. The highest BCUT2D eigenvalue weighted by Crippen LogP contribution is 2.44. The Hall–Kier alpha value is -1.62. The zero-order chi connectivity index (χ0) is 14.2. The number of hydrogen-bond donors (Lipinski definition) is 1. The van der Waals surface area contributed by atoms with Gasteiger partial charge in [0.15, 0.2) is 5.78 Å². The third kappa shape index (κ3) is 2.30. The quantitative estimate of drug-likeness (QED) is 0.845. The average Bonchev–Trinajstić information content (AvgIpc) is 2.80. The molecule has 2 rings (SSSR count). The van der Waals surface area contributed by atoms with Crippen molar-refractivity contribution in [3.8, 4) is 0 Å². The number of carbonyl (C=O) groups is 2. The third-order valence-corrected chi connectivity index (χ3v) is 3.99. The number of Topliss-reactive ketones (excluding diaryl/α,β-unsaturated/α-hetero) is 1. The van der Waals surface area contributed by atoms with Crippen LogP contribution in [0.15, 0.2) is 17.2 Å². The molecule has 0 fully saturated rings. The monoisotopic (exact) mass is 279 g/mol. The van der Waals surface area contributed by atoms with E-state index in [1.165, 1.54) is 18.4 Å². The van der Waals surface area contributed by atoms with Crippen molar-refractivity contribution >= 4 is 28.7 Å². The first kappa shape index (κ1) is 13.8. The van der Waals surface area contributed by atoms with Crippen LogP contribution >= 0.6 is 11.3 Å². The molecule has 1 heterocycles. The van der Waals surface area contributed by atoms with Crippen molar-refractivity contribution in [3.05, 3.63) is 28.1 Å². The lowest BCUT2D eigenvalue weighted by Gasteiger charge is -2.36. The van der Waals surface area contributed by atoms with Crippen LogP contribution in [0.4, 0.5) is 0 Å². The van der Waals surface area contributed by atoms with E-state index in [9.17, 15) is 14.7 Å². The maximum absolute atomic E-state index is 12.2. The number of ether oxygens (including phenoxy) is 1. The van der Waals surface area contributed by atoms with Crippen molar-refractivity contribution in [1.82, 2.24) is 0 Å². The highest BCUT2D eigenvalue weighted by Gasteiger charge is 2.47. The zero-order valence-corrected chi connectivity index (χ0v) is 11.8. The number of ketones is 1. The number of allylic oxidation sites excluding steroid dienone is 1. The summed E-state index contributed by atoms with van der Waals surface area (Å²) in [6.07, 6.45) is 0.190. The van der Waals surface area contributed by atoms with Gasteiger partial charge in [0.25, 0.3) is 0 Å². The maximum atomic E-state index is 12.2. The van der Waals surface area contributed by atoms with Crippen molar-refractivity contribution in [1.29, 1.82) is 0 Å². The number of methoxy groups -OCH3 is 1. The van der Waals surface area contributed by atoms with Crippen molar-refractivity contribution in [2.75, 3.05) is 7.11 Å². The Morgan fingerprint density at radius 1 is 1.58 bits per heavy atom. The van der Waals surface area contributed by atoms with Gasteiger partial charge in [0, 0.05) is 12.0 Å². The first-order valence-corrected chi connectivity index (χ1v) is 6.76. The van der Waals surface area contributed by atoms with Gasteiger partial charge in [0.1, 0.15) is 11.7 Å². The molecule has 0 saturated heterocycles. The fourth-order valence-electron chi connectivity index (χ4n) is 2.47. The summed E-state index contributed by atoms with van der Waals surface area (Å²) in [5, 5.41) is 15.0. The van der Waals surface area contributed by atoms with Gasteiger partial charge in [-0.05, 0) is 16.9 Å². The van der Waals surface area contributed by atoms with E-state index in [4.69, 9.17) is 4.74 Å². The van der Waals surface area contributed by atoms with Crippen LogP contribution in [0.25, 0.3) is 5.57 Å². The lowest BCUT2D eigenvalue weighted by Crippen LogP contribution is -2.39. The summed E-state index contributed by atoms with van der Waals surface area (Å²) in [7, 11) is 1.28. The molecule has 19 heavy (non-hydrogen) atoms. The van der Waals surface area contributed by atoms with E-state index >= 15 is 0 Å². The molecule has 0 amide bonds. The molecule has 0 bridgehead atoms. The van der Waals surface area contributed by atoms with Gasteiger partial charge in [-0.15, -0.1) is 11.3 Å². The van der Waals surface area contributed by atoms with Gasteiger partial charge in [0.05, 0.1) is 18.1 Å². The van der Waals surface area contributed by atoms with E-state index in [0.717, 1.165) is 0 Å². The first-order valence-electron chi connectivity index (χ1n) is 5.88. The minimum Gasteiger partial charge on any atom is -0.511 e. The van der Waals surface area contributed by atoms with Crippen LogP contribution < -0.4 is 0 Å².